The van der Waals surface area contributed by atoms with Crippen LogP contribution >= 0.6 is 34.8 Å². The molecule has 0 saturated carbocycles. The number of carbonyl (C=O) groups is 4. The third-order valence-corrected chi connectivity index (χ3v) is 6.36. The molecule has 188 valence electrons. The van der Waals surface area contributed by atoms with Gasteiger partial charge in [0, 0.05) is 27.8 Å². The number of nitrogens with zero attached hydrogens (tertiary/aromatic N) is 1. The number of rotatable bonds is 7. The Balaban J connectivity index is 1.47. The van der Waals surface area contributed by atoms with E-state index in [0.29, 0.717) is 26.9 Å². The second-order valence-corrected chi connectivity index (χ2v) is 9.02. The van der Waals surface area contributed by atoms with Crippen LogP contribution in [-0.4, -0.2) is 30.8 Å². The highest BCUT2D eigenvalue weighted by atomic mass is 35.5. The number of amides is 3. The summed E-state index contributed by atoms with van der Waals surface area (Å²) < 4.78 is 4.65. The first kappa shape index (κ1) is 26.2. The first-order valence-corrected chi connectivity index (χ1v) is 11.9. The van der Waals surface area contributed by atoms with Gasteiger partial charge >= 0.3 is 5.97 Å². The second-order valence-electron chi connectivity index (χ2n) is 7.80. The Labute approximate surface area is 226 Å². The summed E-state index contributed by atoms with van der Waals surface area (Å²) in [6, 6.07) is 17.1. The molecule has 0 atom stereocenters. The number of benzene rings is 3. The number of halogens is 3. The topological polar surface area (TPSA) is 105 Å². The Morgan fingerprint density at radius 3 is 2.30 bits per heavy atom. The van der Waals surface area contributed by atoms with Crippen molar-refractivity contribution >= 4 is 69.9 Å². The Hall–Kier alpha value is -3.85. The van der Waals surface area contributed by atoms with E-state index in [1.807, 2.05) is 0 Å². The minimum absolute atomic E-state index is 0.144. The highest BCUT2D eigenvalue weighted by Crippen LogP contribution is 2.30. The van der Waals surface area contributed by atoms with E-state index >= 15 is 0 Å². The Bertz CT molecular complexity index is 1450. The molecule has 1 aliphatic rings. The third-order valence-electron chi connectivity index (χ3n) is 5.42. The van der Waals surface area contributed by atoms with Crippen LogP contribution in [0.3, 0.4) is 0 Å². The quantitative estimate of drug-likeness (QED) is 0.307. The van der Waals surface area contributed by atoms with Crippen LogP contribution < -0.4 is 15.5 Å². The summed E-state index contributed by atoms with van der Waals surface area (Å²) in [5, 5.41) is 6.22. The lowest BCUT2D eigenvalue weighted by molar-refractivity contribution is -0.120. The van der Waals surface area contributed by atoms with Crippen LogP contribution in [0.5, 0.6) is 0 Å². The van der Waals surface area contributed by atoms with E-state index in [1.54, 1.807) is 36.4 Å². The second kappa shape index (κ2) is 11.0. The normalized spacial score (nSPS) is 13.1. The molecule has 1 heterocycles. The summed E-state index contributed by atoms with van der Waals surface area (Å²) in [6.07, 6.45) is 0. The summed E-state index contributed by atoms with van der Waals surface area (Å²) in [4.78, 5) is 51.0. The van der Waals surface area contributed by atoms with Gasteiger partial charge in [0.05, 0.1) is 18.4 Å². The standard InChI is InChI=1S/C26H18Cl3N3O5/c1-37-26(36)14-6-9-19(10-7-14)32-24(34)21(29)22(25(32)35)31-18-4-2-3-15(11-18)23(33)30-13-16-5-8-17(27)12-20(16)28/h2-12,31H,13H2,1H3,(H,30,33). The van der Waals surface area contributed by atoms with Crippen LogP contribution in [0.1, 0.15) is 26.3 Å². The molecular formula is C26H18Cl3N3O5. The number of esters is 1. The van der Waals surface area contributed by atoms with Crippen molar-refractivity contribution in [1.29, 1.82) is 0 Å². The van der Waals surface area contributed by atoms with E-state index in [9.17, 15) is 19.2 Å². The molecule has 3 amide bonds. The summed E-state index contributed by atoms with van der Waals surface area (Å²) in [5.74, 6) is -2.35. The smallest absolute Gasteiger partial charge is 0.337 e. The van der Waals surface area contributed by atoms with Crippen LogP contribution in [0.2, 0.25) is 10.0 Å². The molecule has 2 N–H and O–H groups in total. The number of imide groups is 1. The van der Waals surface area contributed by atoms with E-state index in [4.69, 9.17) is 34.8 Å². The van der Waals surface area contributed by atoms with Crippen molar-refractivity contribution < 1.29 is 23.9 Å². The maximum Gasteiger partial charge on any atom is 0.337 e. The van der Waals surface area contributed by atoms with E-state index in [2.05, 4.69) is 15.4 Å². The van der Waals surface area contributed by atoms with Gasteiger partial charge in [0.2, 0.25) is 0 Å². The fourth-order valence-corrected chi connectivity index (χ4v) is 4.22. The van der Waals surface area contributed by atoms with Crippen LogP contribution in [0.4, 0.5) is 11.4 Å². The molecule has 0 radical (unpaired) electrons. The lowest BCUT2D eigenvalue weighted by Gasteiger charge is -2.15. The fourth-order valence-electron chi connectivity index (χ4n) is 3.54. The third kappa shape index (κ3) is 5.61. The minimum Gasteiger partial charge on any atom is -0.465 e. The zero-order valence-corrected chi connectivity index (χ0v) is 21.4. The van der Waals surface area contributed by atoms with Crippen molar-refractivity contribution in [3.63, 3.8) is 0 Å². The molecule has 3 aromatic rings. The largest absolute Gasteiger partial charge is 0.465 e. The molecule has 8 nitrogen and oxygen atoms in total. The molecule has 0 aliphatic carbocycles. The molecule has 3 aromatic carbocycles. The number of ether oxygens (including phenoxy) is 1. The zero-order chi connectivity index (χ0) is 26.7. The van der Waals surface area contributed by atoms with Gasteiger partial charge in [0.1, 0.15) is 10.7 Å². The highest BCUT2D eigenvalue weighted by molar-refractivity contribution is 6.53. The summed E-state index contributed by atoms with van der Waals surface area (Å²) in [7, 11) is 1.25. The minimum atomic E-state index is -0.728. The van der Waals surface area contributed by atoms with Crippen LogP contribution in [0, 0.1) is 0 Å². The van der Waals surface area contributed by atoms with Gasteiger partial charge < -0.3 is 15.4 Å². The van der Waals surface area contributed by atoms with Gasteiger partial charge in [-0.05, 0) is 60.2 Å². The first-order chi connectivity index (χ1) is 17.7. The first-order valence-electron chi connectivity index (χ1n) is 10.8. The van der Waals surface area contributed by atoms with Gasteiger partial charge in [-0.15, -0.1) is 0 Å². The Morgan fingerprint density at radius 1 is 0.892 bits per heavy atom. The van der Waals surface area contributed by atoms with Gasteiger partial charge in [-0.2, -0.15) is 0 Å². The molecule has 0 bridgehead atoms. The van der Waals surface area contributed by atoms with Crippen LogP contribution in [0.25, 0.3) is 0 Å². The molecule has 11 heteroatoms. The molecular weight excluding hydrogens is 541 g/mol. The molecule has 4 rings (SSSR count). The SMILES string of the molecule is COC(=O)c1ccc(N2C(=O)C(Cl)=C(Nc3cccc(C(=O)NCc4ccc(Cl)cc4Cl)c3)C2=O)cc1. The lowest BCUT2D eigenvalue weighted by Crippen LogP contribution is -2.32. The number of hydrogen-bond acceptors (Lipinski definition) is 6. The fraction of sp³-hybridized carbons (Fsp3) is 0.0769. The molecule has 0 fully saturated rings. The van der Waals surface area contributed by atoms with E-state index < -0.39 is 17.8 Å². The summed E-state index contributed by atoms with van der Waals surface area (Å²) in [6.45, 7) is 0.181. The highest BCUT2D eigenvalue weighted by Gasteiger charge is 2.39. The molecule has 0 spiro atoms. The van der Waals surface area contributed by atoms with E-state index in [-0.39, 0.29) is 34.4 Å². The van der Waals surface area contributed by atoms with Crippen molar-refractivity contribution in [2.24, 2.45) is 0 Å². The number of nitrogens with one attached hydrogen (secondary N) is 2. The number of anilines is 2. The Morgan fingerprint density at radius 2 is 1.62 bits per heavy atom. The van der Waals surface area contributed by atoms with Crippen molar-refractivity contribution in [2.45, 2.75) is 6.54 Å². The van der Waals surface area contributed by atoms with Crippen LogP contribution in [0.15, 0.2) is 77.5 Å². The average Bonchev–Trinajstić information content (AvgIpc) is 3.10. The van der Waals surface area contributed by atoms with Gasteiger partial charge in [-0.1, -0.05) is 46.9 Å². The number of hydrogen-bond donors (Lipinski definition) is 2. The van der Waals surface area contributed by atoms with E-state index in [1.165, 1.54) is 37.4 Å². The van der Waals surface area contributed by atoms with Crippen LogP contribution in [-0.2, 0) is 20.9 Å². The van der Waals surface area contributed by atoms with Gasteiger partial charge in [0.15, 0.2) is 0 Å². The monoisotopic (exact) mass is 557 g/mol. The summed E-state index contributed by atoms with van der Waals surface area (Å²) in [5.41, 5.74) is 1.71. The van der Waals surface area contributed by atoms with Gasteiger partial charge in [-0.25, -0.2) is 9.69 Å². The maximum absolute atomic E-state index is 13.0. The predicted octanol–water partition coefficient (Wildman–Crippen LogP) is 5.15. The number of carbonyl (C=O) groups excluding carboxylic acids is 4. The molecule has 0 saturated heterocycles. The van der Waals surface area contributed by atoms with Crippen molar-refractivity contribution in [3.8, 4) is 0 Å². The predicted molar refractivity (Wildman–Crippen MR) is 141 cm³/mol. The molecule has 1 aliphatic heterocycles. The van der Waals surface area contributed by atoms with Gasteiger partial charge in [0.25, 0.3) is 17.7 Å². The maximum atomic E-state index is 13.0. The molecule has 37 heavy (non-hydrogen) atoms. The summed E-state index contributed by atoms with van der Waals surface area (Å²) >= 11 is 18.3. The molecule has 0 unspecified atom stereocenters. The number of methoxy groups -OCH3 is 1. The van der Waals surface area contributed by atoms with Crippen molar-refractivity contribution in [3.05, 3.63) is 104 Å². The van der Waals surface area contributed by atoms with Crippen molar-refractivity contribution in [1.82, 2.24) is 5.32 Å². The average molecular weight is 559 g/mol. The van der Waals surface area contributed by atoms with Gasteiger partial charge in [-0.3, -0.25) is 14.4 Å². The zero-order valence-electron chi connectivity index (χ0n) is 19.2. The van der Waals surface area contributed by atoms with Crippen molar-refractivity contribution in [2.75, 3.05) is 17.3 Å². The Kier molecular flexibility index (Phi) is 7.83. The van der Waals surface area contributed by atoms with E-state index in [0.717, 1.165) is 4.90 Å². The molecule has 0 aromatic heterocycles. The lowest BCUT2D eigenvalue weighted by atomic mass is 10.1.